The monoisotopic (exact) mass is 303 g/mol. The molecule has 2 heterocycles. The number of carbonyl (C=O) groups excluding carboxylic acids is 2. The van der Waals surface area contributed by atoms with Crippen LogP contribution >= 0.6 is 0 Å². The first-order valence-corrected chi connectivity index (χ1v) is 7.64. The Bertz CT molecular complexity index is 570. The fourth-order valence-electron chi connectivity index (χ4n) is 2.98. The van der Waals surface area contributed by atoms with E-state index in [0.717, 1.165) is 11.1 Å². The zero-order chi connectivity index (χ0) is 15.5. The van der Waals surface area contributed by atoms with Crippen molar-refractivity contribution in [2.75, 3.05) is 39.4 Å². The van der Waals surface area contributed by atoms with Gasteiger partial charge in [0.25, 0.3) is 0 Å². The van der Waals surface area contributed by atoms with Crippen LogP contribution in [0.15, 0.2) is 24.3 Å². The molecule has 118 valence electrons. The molecule has 2 aliphatic heterocycles. The molecule has 0 bridgehead atoms. The van der Waals surface area contributed by atoms with E-state index in [9.17, 15) is 9.59 Å². The normalized spacial score (nSPS) is 22.4. The molecule has 1 atom stereocenters. The molecule has 0 radical (unpaired) electrons. The third kappa shape index (κ3) is 2.92. The maximum atomic E-state index is 12.8. The van der Waals surface area contributed by atoms with Crippen LogP contribution in [0.1, 0.15) is 17.2 Å². The van der Waals surface area contributed by atoms with Crippen molar-refractivity contribution >= 4 is 11.9 Å². The minimum atomic E-state index is -0.552. The Morgan fingerprint density at radius 1 is 1.27 bits per heavy atom. The Balaban J connectivity index is 1.86. The summed E-state index contributed by atoms with van der Waals surface area (Å²) in [5.41, 5.74) is 1.94. The van der Waals surface area contributed by atoms with Crippen molar-refractivity contribution in [2.24, 2.45) is 0 Å². The van der Waals surface area contributed by atoms with Crippen LogP contribution in [0.3, 0.4) is 0 Å². The zero-order valence-corrected chi connectivity index (χ0v) is 12.7. The predicted molar refractivity (Wildman–Crippen MR) is 81.4 cm³/mol. The zero-order valence-electron chi connectivity index (χ0n) is 12.7. The van der Waals surface area contributed by atoms with Gasteiger partial charge in [-0.15, -0.1) is 0 Å². The predicted octanol–water partition coefficient (Wildman–Crippen LogP) is 0.920. The van der Waals surface area contributed by atoms with Crippen LogP contribution in [0.25, 0.3) is 0 Å². The summed E-state index contributed by atoms with van der Waals surface area (Å²) in [5.74, 6) is -0.113. The number of carbonyl (C=O) groups is 2. The van der Waals surface area contributed by atoms with Crippen LogP contribution in [0.2, 0.25) is 0 Å². The molecule has 1 aromatic rings. The Kier molecular flexibility index (Phi) is 4.29. The highest BCUT2D eigenvalue weighted by Gasteiger charge is 2.36. The summed E-state index contributed by atoms with van der Waals surface area (Å²) in [5, 5.41) is 2.86. The van der Waals surface area contributed by atoms with E-state index in [0.29, 0.717) is 39.4 Å². The molecule has 0 spiro atoms. The standard InChI is InChI=1S/C16H21N3O3/c1-12-3-2-4-13(11-12)14-15(20)17-5-6-19(14)16(21)18-7-9-22-10-8-18/h2-4,11,14H,5-10H2,1H3,(H,17,20). The van der Waals surface area contributed by atoms with Gasteiger partial charge >= 0.3 is 6.03 Å². The van der Waals surface area contributed by atoms with Crippen molar-refractivity contribution in [1.82, 2.24) is 15.1 Å². The van der Waals surface area contributed by atoms with E-state index in [2.05, 4.69) is 5.32 Å². The quantitative estimate of drug-likeness (QED) is 0.839. The van der Waals surface area contributed by atoms with Gasteiger partial charge in [-0.3, -0.25) is 4.79 Å². The fraction of sp³-hybridized carbons (Fsp3) is 0.500. The maximum Gasteiger partial charge on any atom is 0.321 e. The number of ether oxygens (including phenoxy) is 1. The number of aryl methyl sites for hydroxylation is 1. The molecule has 0 aliphatic carbocycles. The van der Waals surface area contributed by atoms with Crippen LogP contribution in [0.5, 0.6) is 0 Å². The number of benzene rings is 1. The van der Waals surface area contributed by atoms with Crippen molar-refractivity contribution in [3.8, 4) is 0 Å². The molecule has 3 rings (SSSR count). The van der Waals surface area contributed by atoms with Crippen LogP contribution in [-0.4, -0.2) is 61.1 Å². The Hall–Kier alpha value is -2.08. The maximum absolute atomic E-state index is 12.8. The number of hydrogen-bond donors (Lipinski definition) is 1. The molecule has 2 saturated heterocycles. The second kappa shape index (κ2) is 6.36. The lowest BCUT2D eigenvalue weighted by atomic mass is 10.0. The van der Waals surface area contributed by atoms with Gasteiger partial charge in [-0.05, 0) is 12.5 Å². The summed E-state index contributed by atoms with van der Waals surface area (Å²) in [7, 11) is 0. The molecule has 2 aliphatic rings. The summed E-state index contributed by atoms with van der Waals surface area (Å²) in [6, 6.07) is 7.15. The van der Waals surface area contributed by atoms with E-state index in [1.165, 1.54) is 0 Å². The molecule has 2 fully saturated rings. The van der Waals surface area contributed by atoms with Gasteiger partial charge in [0.2, 0.25) is 5.91 Å². The van der Waals surface area contributed by atoms with Gasteiger partial charge in [0.1, 0.15) is 6.04 Å². The molecule has 1 N–H and O–H groups in total. The average molecular weight is 303 g/mol. The highest BCUT2D eigenvalue weighted by molar-refractivity contribution is 5.89. The first-order chi connectivity index (χ1) is 10.7. The minimum Gasteiger partial charge on any atom is -0.378 e. The molecule has 3 amide bonds. The third-order valence-corrected chi connectivity index (χ3v) is 4.10. The van der Waals surface area contributed by atoms with Crippen LogP contribution in [-0.2, 0) is 9.53 Å². The summed E-state index contributed by atoms with van der Waals surface area (Å²) in [6.45, 7) is 5.28. The van der Waals surface area contributed by atoms with Crippen LogP contribution in [0.4, 0.5) is 4.79 Å². The van der Waals surface area contributed by atoms with Gasteiger partial charge in [-0.25, -0.2) is 4.79 Å². The summed E-state index contributed by atoms with van der Waals surface area (Å²) < 4.78 is 5.29. The molecule has 6 heteroatoms. The second-order valence-corrected chi connectivity index (χ2v) is 5.68. The summed E-state index contributed by atoms with van der Waals surface area (Å²) in [6.07, 6.45) is 0. The molecule has 22 heavy (non-hydrogen) atoms. The molecular weight excluding hydrogens is 282 g/mol. The van der Waals surface area contributed by atoms with Crippen LogP contribution in [0, 0.1) is 6.92 Å². The Morgan fingerprint density at radius 3 is 2.77 bits per heavy atom. The van der Waals surface area contributed by atoms with Gasteiger partial charge < -0.3 is 19.9 Å². The molecule has 6 nitrogen and oxygen atoms in total. The van der Waals surface area contributed by atoms with Crippen molar-refractivity contribution in [3.63, 3.8) is 0 Å². The van der Waals surface area contributed by atoms with Gasteiger partial charge in [0, 0.05) is 26.2 Å². The Labute approximate surface area is 130 Å². The number of urea groups is 1. The van der Waals surface area contributed by atoms with Gasteiger partial charge in [-0.2, -0.15) is 0 Å². The highest BCUT2D eigenvalue weighted by Crippen LogP contribution is 2.25. The van der Waals surface area contributed by atoms with Crippen LogP contribution < -0.4 is 5.32 Å². The van der Waals surface area contributed by atoms with E-state index in [1.807, 2.05) is 31.2 Å². The van der Waals surface area contributed by atoms with E-state index in [1.54, 1.807) is 9.80 Å². The number of nitrogens with zero attached hydrogens (tertiary/aromatic N) is 2. The molecule has 0 aromatic heterocycles. The van der Waals surface area contributed by atoms with E-state index >= 15 is 0 Å². The first-order valence-electron chi connectivity index (χ1n) is 7.64. The van der Waals surface area contributed by atoms with E-state index < -0.39 is 6.04 Å². The molecule has 1 unspecified atom stereocenters. The van der Waals surface area contributed by atoms with E-state index in [4.69, 9.17) is 4.74 Å². The smallest absolute Gasteiger partial charge is 0.321 e. The molecule has 1 aromatic carbocycles. The number of amides is 3. The fourth-order valence-corrected chi connectivity index (χ4v) is 2.98. The minimum absolute atomic E-state index is 0.0790. The number of nitrogens with one attached hydrogen (secondary N) is 1. The molecular formula is C16H21N3O3. The van der Waals surface area contributed by atoms with Crippen molar-refractivity contribution in [3.05, 3.63) is 35.4 Å². The van der Waals surface area contributed by atoms with Crippen molar-refractivity contribution in [1.29, 1.82) is 0 Å². The Morgan fingerprint density at radius 2 is 2.05 bits per heavy atom. The topological polar surface area (TPSA) is 61.9 Å². The van der Waals surface area contributed by atoms with E-state index in [-0.39, 0.29) is 11.9 Å². The van der Waals surface area contributed by atoms with Gasteiger partial charge in [0.05, 0.1) is 13.2 Å². The largest absolute Gasteiger partial charge is 0.378 e. The third-order valence-electron chi connectivity index (χ3n) is 4.10. The van der Waals surface area contributed by atoms with Gasteiger partial charge in [0.15, 0.2) is 0 Å². The number of morpholine rings is 1. The second-order valence-electron chi connectivity index (χ2n) is 5.68. The summed E-state index contributed by atoms with van der Waals surface area (Å²) in [4.78, 5) is 28.6. The number of rotatable bonds is 1. The SMILES string of the molecule is Cc1cccc(C2C(=O)NCCN2C(=O)N2CCOCC2)c1. The number of piperazine rings is 1. The van der Waals surface area contributed by atoms with Gasteiger partial charge in [-0.1, -0.05) is 29.8 Å². The lowest BCUT2D eigenvalue weighted by Crippen LogP contribution is -2.57. The first kappa shape index (κ1) is 14.8. The van der Waals surface area contributed by atoms with Crippen molar-refractivity contribution in [2.45, 2.75) is 13.0 Å². The average Bonchev–Trinajstić information content (AvgIpc) is 2.54. The highest BCUT2D eigenvalue weighted by atomic mass is 16.5. The summed E-state index contributed by atoms with van der Waals surface area (Å²) >= 11 is 0. The van der Waals surface area contributed by atoms with Crippen molar-refractivity contribution < 1.29 is 14.3 Å². The number of hydrogen-bond acceptors (Lipinski definition) is 3. The molecule has 0 saturated carbocycles. The lowest BCUT2D eigenvalue weighted by molar-refractivity contribution is -0.128. The lowest BCUT2D eigenvalue weighted by Gasteiger charge is -2.39.